The molecule has 1 aliphatic rings. The molecule has 0 bridgehead atoms. The minimum Gasteiger partial charge on any atom is -0.323 e. The predicted molar refractivity (Wildman–Crippen MR) is 69.1 cm³/mol. The third-order valence-corrected chi connectivity index (χ3v) is 3.80. The summed E-state index contributed by atoms with van der Waals surface area (Å²) in [6.07, 6.45) is 7.48. The Morgan fingerprint density at radius 3 is 3.18 bits per heavy atom. The number of fused-ring (bicyclic) bond motifs is 1. The fourth-order valence-corrected chi connectivity index (χ4v) is 2.88. The molecule has 3 nitrogen and oxygen atoms in total. The molecular weight excluding hydrogens is 234 g/mol. The number of imidazole rings is 1. The van der Waals surface area contributed by atoms with Crippen LogP contribution in [0.5, 0.6) is 0 Å². The van der Waals surface area contributed by atoms with Crippen molar-refractivity contribution in [3.63, 3.8) is 0 Å². The first-order chi connectivity index (χ1) is 8.35. The van der Waals surface area contributed by atoms with Crippen LogP contribution in [0.4, 0.5) is 0 Å². The molecule has 0 spiro atoms. The van der Waals surface area contributed by atoms with Crippen molar-refractivity contribution in [2.24, 2.45) is 5.92 Å². The molecule has 0 aliphatic heterocycles. The second kappa shape index (κ2) is 4.30. The van der Waals surface area contributed by atoms with Gasteiger partial charge in [-0.25, -0.2) is 4.98 Å². The van der Waals surface area contributed by atoms with Gasteiger partial charge in [0, 0.05) is 12.2 Å². The predicted octanol–water partition coefficient (Wildman–Crippen LogP) is 3.53. The molecule has 2 unspecified atom stereocenters. The maximum absolute atomic E-state index is 6.00. The fourth-order valence-electron chi connectivity index (χ4n) is 2.69. The average molecular weight is 250 g/mol. The van der Waals surface area contributed by atoms with E-state index in [2.05, 4.69) is 21.5 Å². The molecule has 90 valence electrons. The summed E-state index contributed by atoms with van der Waals surface area (Å²) < 4.78 is 2.32. The first-order valence-electron chi connectivity index (χ1n) is 6.22. The topological polar surface area (TPSA) is 30.7 Å². The third-order valence-electron chi connectivity index (χ3n) is 3.56. The quantitative estimate of drug-likeness (QED) is 0.776. The van der Waals surface area contributed by atoms with E-state index in [-0.39, 0.29) is 0 Å². The summed E-state index contributed by atoms with van der Waals surface area (Å²) in [6.45, 7) is 2.24. The van der Waals surface area contributed by atoms with Crippen molar-refractivity contribution in [1.29, 1.82) is 0 Å². The van der Waals surface area contributed by atoms with E-state index in [1.807, 2.05) is 18.5 Å². The van der Waals surface area contributed by atoms with Crippen molar-refractivity contribution in [2.75, 3.05) is 0 Å². The summed E-state index contributed by atoms with van der Waals surface area (Å²) in [5.74, 6) is 2.27. The largest absolute Gasteiger partial charge is 0.323 e. The molecule has 2 atom stereocenters. The van der Waals surface area contributed by atoms with Gasteiger partial charge >= 0.3 is 0 Å². The second-order valence-corrected chi connectivity index (χ2v) is 5.02. The molecule has 2 aromatic rings. The lowest BCUT2D eigenvalue weighted by molar-refractivity contribution is 0.606. The highest BCUT2D eigenvalue weighted by Gasteiger charge is 2.39. The normalized spacial score (nSPS) is 23.2. The highest BCUT2D eigenvalue weighted by atomic mass is 35.5. The molecule has 0 radical (unpaired) electrons. The van der Waals surface area contributed by atoms with Gasteiger partial charge in [0.15, 0.2) is 0 Å². The standard InChI is InChI=1S/C13H16ClN3/c1-2-3-9-6-12(9)17-11-4-5-15-8-10(11)16-13(17)7-14/h4-5,8-9,12H,2-3,6-7H2,1H3. The van der Waals surface area contributed by atoms with E-state index in [0.29, 0.717) is 11.9 Å². The number of rotatable bonds is 4. The molecular formula is C13H16ClN3. The Morgan fingerprint density at radius 2 is 2.41 bits per heavy atom. The highest BCUT2D eigenvalue weighted by Crippen LogP contribution is 2.48. The van der Waals surface area contributed by atoms with Crippen molar-refractivity contribution in [3.8, 4) is 0 Å². The Kier molecular flexibility index (Phi) is 2.79. The fraction of sp³-hybridized carbons (Fsp3) is 0.538. The van der Waals surface area contributed by atoms with Gasteiger partial charge in [0.1, 0.15) is 11.3 Å². The Bertz CT molecular complexity index is 534. The highest BCUT2D eigenvalue weighted by molar-refractivity contribution is 6.16. The number of alkyl halides is 1. The summed E-state index contributed by atoms with van der Waals surface area (Å²) in [7, 11) is 0. The van der Waals surface area contributed by atoms with Crippen molar-refractivity contribution in [3.05, 3.63) is 24.3 Å². The van der Waals surface area contributed by atoms with E-state index in [1.165, 1.54) is 24.8 Å². The number of hydrogen-bond acceptors (Lipinski definition) is 2. The first kappa shape index (κ1) is 11.0. The van der Waals surface area contributed by atoms with Crippen LogP contribution in [0.3, 0.4) is 0 Å². The molecule has 3 rings (SSSR count). The molecule has 0 amide bonds. The number of hydrogen-bond donors (Lipinski definition) is 0. The Balaban J connectivity index is 2.02. The molecule has 0 aromatic carbocycles. The van der Waals surface area contributed by atoms with Crippen LogP contribution in [-0.4, -0.2) is 14.5 Å². The van der Waals surface area contributed by atoms with Gasteiger partial charge in [-0.15, -0.1) is 11.6 Å². The summed E-state index contributed by atoms with van der Waals surface area (Å²) in [4.78, 5) is 8.67. The maximum atomic E-state index is 6.00. The molecule has 4 heteroatoms. The van der Waals surface area contributed by atoms with Gasteiger partial charge < -0.3 is 4.57 Å². The smallest absolute Gasteiger partial charge is 0.125 e. The Labute approximate surface area is 106 Å². The van der Waals surface area contributed by atoms with Crippen molar-refractivity contribution in [1.82, 2.24) is 14.5 Å². The summed E-state index contributed by atoms with van der Waals surface area (Å²) in [5.41, 5.74) is 2.14. The molecule has 2 aromatic heterocycles. The molecule has 1 saturated carbocycles. The monoisotopic (exact) mass is 249 g/mol. The van der Waals surface area contributed by atoms with Crippen LogP contribution in [0.2, 0.25) is 0 Å². The lowest BCUT2D eigenvalue weighted by atomic mass is 10.2. The van der Waals surface area contributed by atoms with Crippen LogP contribution in [0, 0.1) is 5.92 Å². The van der Waals surface area contributed by atoms with Crippen LogP contribution < -0.4 is 0 Å². The number of pyridine rings is 1. The zero-order chi connectivity index (χ0) is 11.8. The van der Waals surface area contributed by atoms with Gasteiger partial charge in [0.25, 0.3) is 0 Å². The van der Waals surface area contributed by atoms with Crippen LogP contribution in [0.25, 0.3) is 11.0 Å². The number of halogens is 1. The van der Waals surface area contributed by atoms with Crippen LogP contribution in [0.1, 0.15) is 38.1 Å². The van der Waals surface area contributed by atoms with E-state index in [9.17, 15) is 0 Å². The minimum atomic E-state index is 0.476. The Hall–Kier alpha value is -1.09. The molecule has 0 saturated heterocycles. The van der Waals surface area contributed by atoms with E-state index >= 15 is 0 Å². The molecule has 17 heavy (non-hydrogen) atoms. The van der Waals surface area contributed by atoms with Gasteiger partial charge in [-0.1, -0.05) is 13.3 Å². The first-order valence-corrected chi connectivity index (χ1v) is 6.75. The van der Waals surface area contributed by atoms with Gasteiger partial charge in [-0.05, 0) is 24.8 Å². The van der Waals surface area contributed by atoms with E-state index < -0.39 is 0 Å². The van der Waals surface area contributed by atoms with Crippen molar-refractivity contribution < 1.29 is 0 Å². The zero-order valence-electron chi connectivity index (χ0n) is 9.93. The lowest BCUT2D eigenvalue weighted by Crippen LogP contribution is -2.01. The van der Waals surface area contributed by atoms with Crippen molar-refractivity contribution >= 4 is 22.6 Å². The summed E-state index contributed by atoms with van der Waals surface area (Å²) in [5, 5.41) is 0. The number of nitrogens with zero attached hydrogens (tertiary/aromatic N) is 3. The lowest BCUT2D eigenvalue weighted by Gasteiger charge is -2.06. The van der Waals surface area contributed by atoms with E-state index in [4.69, 9.17) is 11.6 Å². The van der Waals surface area contributed by atoms with Crippen LogP contribution in [0.15, 0.2) is 18.5 Å². The van der Waals surface area contributed by atoms with Gasteiger partial charge in [0.2, 0.25) is 0 Å². The van der Waals surface area contributed by atoms with Gasteiger partial charge in [0.05, 0.1) is 17.6 Å². The zero-order valence-corrected chi connectivity index (χ0v) is 10.7. The van der Waals surface area contributed by atoms with Crippen LogP contribution in [-0.2, 0) is 5.88 Å². The maximum Gasteiger partial charge on any atom is 0.125 e. The van der Waals surface area contributed by atoms with Crippen LogP contribution >= 0.6 is 11.6 Å². The summed E-state index contributed by atoms with van der Waals surface area (Å²) >= 11 is 6.00. The van der Waals surface area contributed by atoms with Gasteiger partial charge in [-0.3, -0.25) is 4.98 Å². The molecule has 1 aliphatic carbocycles. The second-order valence-electron chi connectivity index (χ2n) is 4.75. The summed E-state index contributed by atoms with van der Waals surface area (Å²) in [6, 6.07) is 2.65. The molecule has 2 heterocycles. The van der Waals surface area contributed by atoms with E-state index in [0.717, 1.165) is 17.3 Å². The van der Waals surface area contributed by atoms with E-state index in [1.54, 1.807) is 0 Å². The molecule has 1 fully saturated rings. The Morgan fingerprint density at radius 1 is 1.53 bits per heavy atom. The number of aromatic nitrogens is 3. The third kappa shape index (κ3) is 1.82. The molecule has 0 N–H and O–H groups in total. The minimum absolute atomic E-state index is 0.476. The average Bonchev–Trinajstić information content (AvgIpc) is 3.00. The van der Waals surface area contributed by atoms with Crippen molar-refractivity contribution in [2.45, 2.75) is 38.1 Å². The SMILES string of the molecule is CCCC1CC1n1c(CCl)nc2cnccc21. The van der Waals surface area contributed by atoms with Gasteiger partial charge in [-0.2, -0.15) is 0 Å².